The van der Waals surface area contributed by atoms with Gasteiger partial charge in [-0.2, -0.15) is 5.10 Å². The Labute approximate surface area is 121 Å². The molecule has 0 aliphatic heterocycles. The number of nitrogens with zero attached hydrogens (tertiary/aromatic N) is 2. The molecular formula is C13H19N5OS. The number of anilines is 1. The van der Waals surface area contributed by atoms with Crippen molar-refractivity contribution in [3.63, 3.8) is 0 Å². The van der Waals surface area contributed by atoms with Crippen LogP contribution in [-0.2, 0) is 19.4 Å². The summed E-state index contributed by atoms with van der Waals surface area (Å²) < 4.78 is 0. The smallest absolute Gasteiger partial charge is 0.274 e. The van der Waals surface area contributed by atoms with Gasteiger partial charge in [0.1, 0.15) is 5.01 Å². The van der Waals surface area contributed by atoms with Crippen molar-refractivity contribution < 1.29 is 4.79 Å². The van der Waals surface area contributed by atoms with E-state index in [2.05, 4.69) is 27.4 Å². The van der Waals surface area contributed by atoms with Crippen molar-refractivity contribution in [3.8, 4) is 0 Å². The van der Waals surface area contributed by atoms with Crippen LogP contribution in [0.1, 0.15) is 46.3 Å². The topological polar surface area (TPSA) is 96.7 Å². The van der Waals surface area contributed by atoms with Crippen molar-refractivity contribution in [1.82, 2.24) is 20.5 Å². The molecule has 0 unspecified atom stereocenters. The second kappa shape index (κ2) is 6.51. The Kier molecular flexibility index (Phi) is 4.73. The first-order valence-electron chi connectivity index (χ1n) is 6.70. The Bertz CT molecular complexity index is 589. The number of rotatable bonds is 6. The van der Waals surface area contributed by atoms with Crippen molar-refractivity contribution in [2.45, 2.75) is 39.7 Å². The van der Waals surface area contributed by atoms with Crippen LogP contribution in [0.2, 0.25) is 0 Å². The number of nitrogens with two attached hydrogens (primary N) is 1. The van der Waals surface area contributed by atoms with Gasteiger partial charge in [-0.3, -0.25) is 9.89 Å². The standard InChI is InChI=1S/C13H19N5OS/c1-3-5-9-11(14)12(18-17-9)13(19)16-7-10-15-6-8(4-2)20-10/h6H,3-5,7,14H2,1-2H3,(H,16,19)(H,17,18). The Morgan fingerprint density at radius 1 is 1.50 bits per heavy atom. The van der Waals surface area contributed by atoms with Gasteiger partial charge in [-0.25, -0.2) is 4.98 Å². The molecule has 0 atom stereocenters. The summed E-state index contributed by atoms with van der Waals surface area (Å²) in [6.07, 6.45) is 4.54. The van der Waals surface area contributed by atoms with Crippen molar-refractivity contribution >= 4 is 22.9 Å². The van der Waals surface area contributed by atoms with Gasteiger partial charge in [0.05, 0.1) is 17.9 Å². The van der Waals surface area contributed by atoms with E-state index in [0.717, 1.165) is 30.0 Å². The van der Waals surface area contributed by atoms with Crippen LogP contribution in [0.4, 0.5) is 5.69 Å². The van der Waals surface area contributed by atoms with E-state index in [1.165, 1.54) is 4.88 Å². The van der Waals surface area contributed by atoms with E-state index >= 15 is 0 Å². The molecule has 7 heteroatoms. The van der Waals surface area contributed by atoms with Crippen molar-refractivity contribution in [3.05, 3.63) is 27.5 Å². The lowest BCUT2D eigenvalue weighted by molar-refractivity contribution is 0.0946. The highest BCUT2D eigenvalue weighted by Crippen LogP contribution is 2.16. The van der Waals surface area contributed by atoms with Gasteiger partial charge in [-0.1, -0.05) is 20.3 Å². The average molecular weight is 293 g/mol. The predicted molar refractivity (Wildman–Crippen MR) is 79.7 cm³/mol. The van der Waals surface area contributed by atoms with E-state index in [9.17, 15) is 4.79 Å². The van der Waals surface area contributed by atoms with E-state index in [4.69, 9.17) is 5.73 Å². The zero-order chi connectivity index (χ0) is 14.5. The summed E-state index contributed by atoms with van der Waals surface area (Å²) in [6, 6.07) is 0. The summed E-state index contributed by atoms with van der Waals surface area (Å²) in [7, 11) is 0. The quantitative estimate of drug-likeness (QED) is 0.757. The second-order valence-corrected chi connectivity index (χ2v) is 5.67. The number of hydrogen-bond acceptors (Lipinski definition) is 5. The van der Waals surface area contributed by atoms with Gasteiger partial charge >= 0.3 is 0 Å². The molecule has 108 valence electrons. The first-order valence-corrected chi connectivity index (χ1v) is 7.51. The highest BCUT2D eigenvalue weighted by molar-refractivity contribution is 7.11. The summed E-state index contributed by atoms with van der Waals surface area (Å²) in [4.78, 5) is 17.5. The highest BCUT2D eigenvalue weighted by atomic mass is 32.1. The number of aromatic nitrogens is 3. The fourth-order valence-corrected chi connectivity index (χ4v) is 2.64. The van der Waals surface area contributed by atoms with Gasteiger partial charge < -0.3 is 11.1 Å². The summed E-state index contributed by atoms with van der Waals surface area (Å²) in [5.74, 6) is -0.269. The first-order chi connectivity index (χ1) is 9.65. The number of hydrogen-bond donors (Lipinski definition) is 3. The monoisotopic (exact) mass is 293 g/mol. The molecule has 2 rings (SSSR count). The van der Waals surface area contributed by atoms with Crippen LogP contribution in [0.5, 0.6) is 0 Å². The van der Waals surface area contributed by atoms with Gasteiger partial charge in [0, 0.05) is 11.1 Å². The van der Waals surface area contributed by atoms with Gasteiger partial charge in [-0.05, 0) is 12.8 Å². The highest BCUT2D eigenvalue weighted by Gasteiger charge is 2.16. The molecule has 0 spiro atoms. The molecule has 0 bridgehead atoms. The lowest BCUT2D eigenvalue weighted by Crippen LogP contribution is -2.24. The van der Waals surface area contributed by atoms with E-state index in [0.29, 0.717) is 12.2 Å². The van der Waals surface area contributed by atoms with Crippen LogP contribution >= 0.6 is 11.3 Å². The van der Waals surface area contributed by atoms with Gasteiger partial charge in [-0.15, -0.1) is 11.3 Å². The zero-order valence-corrected chi connectivity index (χ0v) is 12.5. The fraction of sp³-hybridized carbons (Fsp3) is 0.462. The van der Waals surface area contributed by atoms with E-state index < -0.39 is 0 Å². The lowest BCUT2D eigenvalue weighted by atomic mass is 10.2. The Morgan fingerprint density at radius 2 is 2.30 bits per heavy atom. The number of aromatic amines is 1. The fourth-order valence-electron chi connectivity index (χ4n) is 1.83. The minimum Gasteiger partial charge on any atom is -0.395 e. The summed E-state index contributed by atoms with van der Waals surface area (Å²) in [5.41, 5.74) is 7.44. The SMILES string of the molecule is CCCc1[nH]nc(C(=O)NCc2ncc(CC)s2)c1N. The molecule has 6 nitrogen and oxygen atoms in total. The number of carbonyl (C=O) groups is 1. The molecule has 0 aliphatic rings. The Balaban J connectivity index is 1.98. The molecule has 0 fully saturated rings. The van der Waals surface area contributed by atoms with Crippen molar-refractivity contribution in [2.24, 2.45) is 0 Å². The normalized spacial score (nSPS) is 10.7. The van der Waals surface area contributed by atoms with E-state index in [1.54, 1.807) is 11.3 Å². The van der Waals surface area contributed by atoms with Crippen LogP contribution in [-0.4, -0.2) is 21.1 Å². The van der Waals surface area contributed by atoms with Crippen LogP contribution in [0.3, 0.4) is 0 Å². The predicted octanol–water partition coefficient (Wildman–Crippen LogP) is 1.89. The minimum absolute atomic E-state index is 0.265. The maximum Gasteiger partial charge on any atom is 0.274 e. The zero-order valence-electron chi connectivity index (χ0n) is 11.7. The summed E-state index contributed by atoms with van der Waals surface area (Å²) in [5, 5.41) is 10.5. The summed E-state index contributed by atoms with van der Waals surface area (Å²) in [6.45, 7) is 4.53. The van der Waals surface area contributed by atoms with E-state index in [1.807, 2.05) is 13.1 Å². The minimum atomic E-state index is -0.269. The molecule has 0 saturated carbocycles. The van der Waals surface area contributed by atoms with E-state index in [-0.39, 0.29) is 11.6 Å². The molecule has 0 aliphatic carbocycles. The van der Waals surface area contributed by atoms with Crippen LogP contribution in [0.15, 0.2) is 6.20 Å². The molecule has 20 heavy (non-hydrogen) atoms. The van der Waals surface area contributed by atoms with Crippen molar-refractivity contribution in [1.29, 1.82) is 0 Å². The van der Waals surface area contributed by atoms with Crippen LogP contribution in [0.25, 0.3) is 0 Å². The average Bonchev–Trinajstić information content (AvgIpc) is 3.04. The number of nitrogen functional groups attached to an aromatic ring is 1. The molecule has 4 N–H and O–H groups in total. The van der Waals surface area contributed by atoms with Gasteiger partial charge in [0.25, 0.3) is 5.91 Å². The largest absolute Gasteiger partial charge is 0.395 e. The molecule has 2 heterocycles. The molecule has 0 radical (unpaired) electrons. The third-order valence-electron chi connectivity index (χ3n) is 2.95. The summed E-state index contributed by atoms with van der Waals surface area (Å²) >= 11 is 1.60. The molecule has 2 aromatic heterocycles. The maximum atomic E-state index is 12.0. The second-order valence-electron chi connectivity index (χ2n) is 4.47. The lowest BCUT2D eigenvalue weighted by Gasteiger charge is -2.01. The number of nitrogens with one attached hydrogen (secondary N) is 2. The number of carbonyl (C=O) groups excluding carboxylic acids is 1. The number of aryl methyl sites for hydroxylation is 2. The van der Waals surface area contributed by atoms with Crippen molar-refractivity contribution in [2.75, 3.05) is 5.73 Å². The molecule has 0 aromatic carbocycles. The third-order valence-corrected chi connectivity index (χ3v) is 4.09. The number of H-pyrrole nitrogens is 1. The van der Waals surface area contributed by atoms with Gasteiger partial charge in [0.2, 0.25) is 0 Å². The Hall–Kier alpha value is -1.89. The van der Waals surface area contributed by atoms with Crippen LogP contribution in [0, 0.1) is 0 Å². The first kappa shape index (κ1) is 14.5. The van der Waals surface area contributed by atoms with Gasteiger partial charge in [0.15, 0.2) is 5.69 Å². The maximum absolute atomic E-state index is 12.0. The molecule has 1 amide bonds. The molecular weight excluding hydrogens is 274 g/mol. The Morgan fingerprint density at radius 3 is 2.95 bits per heavy atom. The number of thiazole rings is 1. The number of amides is 1. The molecule has 0 saturated heterocycles. The molecule has 2 aromatic rings. The van der Waals surface area contributed by atoms with Crippen LogP contribution < -0.4 is 11.1 Å². The third kappa shape index (κ3) is 3.16.